The topological polar surface area (TPSA) is 69.3 Å². The van der Waals surface area contributed by atoms with Gasteiger partial charge in [-0.05, 0) is 25.0 Å². The van der Waals surface area contributed by atoms with E-state index >= 15 is 0 Å². The zero-order valence-electron chi connectivity index (χ0n) is 17.1. The molecule has 2 aromatic carbocycles. The summed E-state index contributed by atoms with van der Waals surface area (Å²) < 4.78 is 12.2. The lowest BCUT2D eigenvalue weighted by Crippen LogP contribution is -2.19. The van der Waals surface area contributed by atoms with Crippen LogP contribution < -0.4 is 14.4 Å². The van der Waals surface area contributed by atoms with Crippen molar-refractivity contribution in [1.82, 2.24) is 0 Å². The summed E-state index contributed by atoms with van der Waals surface area (Å²) in [7, 11) is 1.97. The molecule has 1 heterocycles. The molecular weight excluding hydrogens is 382 g/mol. The Morgan fingerprint density at radius 1 is 0.931 bits per heavy atom. The van der Waals surface area contributed by atoms with E-state index in [0.717, 1.165) is 46.8 Å². The maximum atomic E-state index is 9.90. The van der Waals surface area contributed by atoms with Crippen LogP contribution in [0.15, 0.2) is 34.1 Å². The van der Waals surface area contributed by atoms with Gasteiger partial charge in [0.05, 0.1) is 23.8 Å². The third kappa shape index (κ3) is 3.99. The molecule has 150 valence electrons. The van der Waals surface area contributed by atoms with Gasteiger partial charge in [0, 0.05) is 11.9 Å². The zero-order chi connectivity index (χ0) is 20.8. The summed E-state index contributed by atoms with van der Waals surface area (Å²) in [6, 6.07) is 12.5. The Labute approximate surface area is 176 Å². The Bertz CT molecular complexity index is 976. The lowest BCUT2D eigenvalue weighted by Gasteiger charge is -2.33. The van der Waals surface area contributed by atoms with Crippen LogP contribution in [0.1, 0.15) is 50.7 Å². The Morgan fingerprint density at radius 2 is 1.52 bits per heavy atom. The smallest absolute Gasteiger partial charge is 0.163 e. The van der Waals surface area contributed by atoms with E-state index in [1.807, 2.05) is 30.1 Å². The van der Waals surface area contributed by atoms with Crippen molar-refractivity contribution in [2.24, 2.45) is 0 Å². The van der Waals surface area contributed by atoms with Crippen LogP contribution in [0.25, 0.3) is 0 Å². The van der Waals surface area contributed by atoms with Gasteiger partial charge in [-0.3, -0.25) is 0 Å². The zero-order valence-corrected chi connectivity index (χ0v) is 17.9. The van der Waals surface area contributed by atoms with Crippen LogP contribution in [-0.4, -0.2) is 20.3 Å². The molecule has 2 aromatic rings. The summed E-state index contributed by atoms with van der Waals surface area (Å²) in [6.07, 6.45) is 3.74. The van der Waals surface area contributed by atoms with E-state index in [4.69, 9.17) is 9.47 Å². The van der Waals surface area contributed by atoms with Crippen LogP contribution in [0.2, 0.25) is 0 Å². The van der Waals surface area contributed by atoms with Crippen molar-refractivity contribution in [3.05, 3.63) is 35.4 Å². The minimum absolute atomic E-state index is 0.251. The van der Waals surface area contributed by atoms with Gasteiger partial charge >= 0.3 is 0 Å². The van der Waals surface area contributed by atoms with Crippen molar-refractivity contribution in [3.63, 3.8) is 0 Å². The van der Waals surface area contributed by atoms with E-state index in [1.165, 1.54) is 0 Å². The fourth-order valence-corrected chi connectivity index (χ4v) is 4.50. The SMILES string of the molecule is CCCCOc1c(C#N)c(C#N)c(OCCCC)c2c1Sc1ccccc1N2C. The average molecular weight is 408 g/mol. The molecule has 3 rings (SSSR count). The highest BCUT2D eigenvalue weighted by Gasteiger charge is 2.33. The molecule has 0 radical (unpaired) electrons. The molecule has 0 aromatic heterocycles. The van der Waals surface area contributed by atoms with Gasteiger partial charge in [-0.1, -0.05) is 50.6 Å². The number of ether oxygens (including phenoxy) is 2. The number of fused-ring (bicyclic) bond motifs is 2. The number of hydrogen-bond donors (Lipinski definition) is 0. The second kappa shape index (κ2) is 9.58. The Hall–Kier alpha value is -2.83. The first-order chi connectivity index (χ1) is 14.2. The van der Waals surface area contributed by atoms with Crippen LogP contribution in [0.3, 0.4) is 0 Å². The molecule has 6 heteroatoms. The number of para-hydroxylation sites is 1. The highest BCUT2D eigenvalue weighted by Crippen LogP contribution is 2.57. The van der Waals surface area contributed by atoms with Crippen molar-refractivity contribution < 1.29 is 9.47 Å². The van der Waals surface area contributed by atoms with E-state index in [2.05, 4.69) is 32.1 Å². The Balaban J connectivity index is 2.23. The van der Waals surface area contributed by atoms with Crippen molar-refractivity contribution in [2.75, 3.05) is 25.2 Å². The predicted octanol–water partition coefficient (Wildman–Crippen LogP) is 6.02. The molecule has 1 aliphatic heterocycles. The van der Waals surface area contributed by atoms with Crippen molar-refractivity contribution in [2.45, 2.75) is 49.3 Å². The number of rotatable bonds is 8. The summed E-state index contributed by atoms with van der Waals surface area (Å²) in [4.78, 5) is 3.96. The summed E-state index contributed by atoms with van der Waals surface area (Å²) in [5.74, 6) is 0.960. The normalized spacial score (nSPS) is 11.8. The van der Waals surface area contributed by atoms with Gasteiger partial charge in [0.15, 0.2) is 11.5 Å². The maximum Gasteiger partial charge on any atom is 0.163 e. The highest BCUT2D eigenvalue weighted by molar-refractivity contribution is 7.99. The van der Waals surface area contributed by atoms with Gasteiger partial charge in [-0.25, -0.2) is 0 Å². The number of anilines is 2. The summed E-state index contributed by atoms with van der Waals surface area (Å²) in [5.41, 5.74) is 2.35. The lowest BCUT2D eigenvalue weighted by atomic mass is 10.0. The molecule has 0 unspecified atom stereocenters. The highest BCUT2D eigenvalue weighted by atomic mass is 32.2. The third-order valence-corrected chi connectivity index (χ3v) is 5.97. The van der Waals surface area contributed by atoms with Crippen molar-refractivity contribution in [3.8, 4) is 23.6 Å². The minimum atomic E-state index is 0.251. The second-order valence-corrected chi connectivity index (χ2v) is 7.89. The van der Waals surface area contributed by atoms with Gasteiger partial charge < -0.3 is 14.4 Å². The van der Waals surface area contributed by atoms with Gasteiger partial charge in [0.2, 0.25) is 0 Å². The summed E-state index contributed by atoms with van der Waals surface area (Å²) >= 11 is 1.57. The summed E-state index contributed by atoms with van der Waals surface area (Å²) in [6.45, 7) is 5.19. The molecule has 5 nitrogen and oxygen atoms in total. The third-order valence-electron chi connectivity index (χ3n) is 4.83. The number of nitrogens with zero attached hydrogens (tertiary/aromatic N) is 3. The van der Waals surface area contributed by atoms with Crippen LogP contribution in [0, 0.1) is 22.7 Å². The van der Waals surface area contributed by atoms with Crippen LogP contribution in [-0.2, 0) is 0 Å². The minimum Gasteiger partial charge on any atom is -0.491 e. The summed E-state index contributed by atoms with van der Waals surface area (Å²) in [5, 5.41) is 19.8. The van der Waals surface area contributed by atoms with Crippen LogP contribution in [0.4, 0.5) is 11.4 Å². The van der Waals surface area contributed by atoms with Gasteiger partial charge in [0.25, 0.3) is 0 Å². The van der Waals surface area contributed by atoms with E-state index < -0.39 is 0 Å². The van der Waals surface area contributed by atoms with Gasteiger partial charge in [-0.2, -0.15) is 10.5 Å². The molecule has 1 aliphatic rings. The van der Waals surface area contributed by atoms with E-state index in [0.29, 0.717) is 24.7 Å². The molecule has 0 spiro atoms. The van der Waals surface area contributed by atoms with Crippen molar-refractivity contribution in [1.29, 1.82) is 10.5 Å². The molecule has 0 saturated carbocycles. The number of hydrogen-bond acceptors (Lipinski definition) is 6. The molecule has 0 atom stereocenters. The number of unbranched alkanes of at least 4 members (excludes halogenated alkanes) is 2. The molecular formula is C23H25N3O2S. The number of benzene rings is 2. The maximum absolute atomic E-state index is 9.90. The molecule has 0 amide bonds. The first-order valence-corrected chi connectivity index (χ1v) is 10.8. The van der Waals surface area contributed by atoms with Crippen LogP contribution >= 0.6 is 11.8 Å². The molecule has 0 aliphatic carbocycles. The van der Waals surface area contributed by atoms with Gasteiger partial charge in [0.1, 0.15) is 29.0 Å². The fourth-order valence-electron chi connectivity index (χ4n) is 3.25. The standard InChI is InChI=1S/C23H25N3O2S/c1-4-6-12-27-21-16(14-24)17(15-25)22(28-13-7-5-2)23-20(21)26(3)18-10-8-9-11-19(18)29-23/h8-11H,4-7,12-13H2,1-3H3. The molecule has 0 saturated heterocycles. The molecule has 0 bridgehead atoms. The van der Waals surface area contributed by atoms with E-state index in [1.54, 1.807) is 11.8 Å². The second-order valence-electron chi connectivity index (χ2n) is 6.84. The van der Waals surface area contributed by atoms with Crippen molar-refractivity contribution >= 4 is 23.1 Å². The first kappa shape index (κ1) is 20.9. The molecule has 0 fully saturated rings. The fraction of sp³-hybridized carbons (Fsp3) is 0.391. The van der Waals surface area contributed by atoms with Crippen LogP contribution in [0.5, 0.6) is 11.5 Å². The molecule has 0 N–H and O–H groups in total. The quantitative estimate of drug-likeness (QED) is 0.498. The number of nitriles is 2. The van der Waals surface area contributed by atoms with Gasteiger partial charge in [-0.15, -0.1) is 0 Å². The Kier molecular flexibility index (Phi) is 6.90. The largest absolute Gasteiger partial charge is 0.491 e. The lowest BCUT2D eigenvalue weighted by molar-refractivity contribution is 0.294. The monoisotopic (exact) mass is 407 g/mol. The average Bonchev–Trinajstić information content (AvgIpc) is 2.74. The molecule has 29 heavy (non-hydrogen) atoms. The first-order valence-electron chi connectivity index (χ1n) is 9.98. The van der Waals surface area contributed by atoms with E-state index in [9.17, 15) is 10.5 Å². The Morgan fingerprint density at radius 3 is 2.14 bits per heavy atom. The van der Waals surface area contributed by atoms with E-state index in [-0.39, 0.29) is 11.1 Å². The predicted molar refractivity (Wildman–Crippen MR) is 115 cm³/mol.